The average Bonchev–Trinajstić information content (AvgIpc) is 3.03. The molecule has 3 aromatic carbocycles. The van der Waals surface area contributed by atoms with Crippen molar-refractivity contribution in [1.82, 2.24) is 15.1 Å². The molecule has 5 rings (SSSR count). The van der Waals surface area contributed by atoms with Crippen molar-refractivity contribution in [2.24, 2.45) is 0 Å². The summed E-state index contributed by atoms with van der Waals surface area (Å²) >= 11 is 0. The van der Waals surface area contributed by atoms with E-state index in [1.54, 1.807) is 7.11 Å². The third-order valence-electron chi connectivity index (χ3n) is 8.97. The first-order valence-electron chi connectivity index (χ1n) is 15.8. The predicted molar refractivity (Wildman–Crippen MR) is 169 cm³/mol. The highest BCUT2D eigenvalue weighted by Crippen LogP contribution is 2.32. The van der Waals surface area contributed by atoms with Crippen molar-refractivity contribution in [3.8, 4) is 11.5 Å². The van der Waals surface area contributed by atoms with Gasteiger partial charge in [-0.1, -0.05) is 73.2 Å². The van der Waals surface area contributed by atoms with Crippen LogP contribution < -0.4 is 14.8 Å². The fourth-order valence-electron chi connectivity index (χ4n) is 6.47. The van der Waals surface area contributed by atoms with Crippen molar-refractivity contribution in [1.29, 1.82) is 0 Å². The highest BCUT2D eigenvalue weighted by atomic mass is 16.5. The SMILES string of the molecule is COc1cc(CNCCCN2CCCCC2C)ccc1OC1CCN(CC(c2ccccc2)c2ccccc2)CC1. The van der Waals surface area contributed by atoms with Crippen LogP contribution in [0.1, 0.15) is 68.1 Å². The van der Waals surface area contributed by atoms with Crippen molar-refractivity contribution >= 4 is 0 Å². The summed E-state index contributed by atoms with van der Waals surface area (Å²) in [5.41, 5.74) is 4.00. The van der Waals surface area contributed by atoms with Crippen LogP contribution in [-0.2, 0) is 6.54 Å². The monoisotopic (exact) mass is 555 g/mol. The molecule has 1 atom stereocenters. The molecule has 2 saturated heterocycles. The Labute approximate surface area is 247 Å². The fraction of sp³-hybridized carbons (Fsp3) is 0.500. The van der Waals surface area contributed by atoms with E-state index in [1.807, 2.05) is 0 Å². The number of hydrogen-bond donors (Lipinski definition) is 1. The minimum Gasteiger partial charge on any atom is -0.493 e. The molecule has 5 nitrogen and oxygen atoms in total. The number of nitrogens with zero attached hydrogens (tertiary/aromatic N) is 2. The van der Waals surface area contributed by atoms with Gasteiger partial charge in [0.2, 0.25) is 0 Å². The maximum atomic E-state index is 6.50. The summed E-state index contributed by atoms with van der Waals surface area (Å²) in [6.07, 6.45) is 7.56. The first-order chi connectivity index (χ1) is 20.2. The van der Waals surface area contributed by atoms with E-state index in [9.17, 15) is 0 Å². The average molecular weight is 556 g/mol. The Morgan fingerprint density at radius 2 is 1.54 bits per heavy atom. The van der Waals surface area contributed by atoms with Gasteiger partial charge in [0, 0.05) is 38.1 Å². The van der Waals surface area contributed by atoms with Gasteiger partial charge in [-0.25, -0.2) is 0 Å². The van der Waals surface area contributed by atoms with Crippen LogP contribution in [0.25, 0.3) is 0 Å². The molecule has 2 aliphatic rings. The maximum Gasteiger partial charge on any atom is 0.161 e. The molecule has 0 bridgehead atoms. The Hall–Kier alpha value is -2.86. The standard InChI is InChI=1S/C36H49N3O2/c1-29-12-9-10-22-39(29)23-11-21-37-27-30-17-18-35(36(26-30)40-2)41-33-19-24-38(25-20-33)28-34(31-13-5-3-6-14-31)32-15-7-4-8-16-32/h3-8,13-18,26,29,33-34,37H,9-12,19-25,27-28H2,1-2H3. The minimum atomic E-state index is 0.216. The van der Waals surface area contributed by atoms with E-state index < -0.39 is 0 Å². The zero-order valence-electron chi connectivity index (χ0n) is 25.1. The van der Waals surface area contributed by atoms with Crippen molar-refractivity contribution in [3.05, 3.63) is 95.6 Å². The molecule has 0 radical (unpaired) electrons. The maximum absolute atomic E-state index is 6.50. The smallest absolute Gasteiger partial charge is 0.161 e. The van der Waals surface area contributed by atoms with Crippen molar-refractivity contribution < 1.29 is 9.47 Å². The molecule has 0 amide bonds. The molecular formula is C36H49N3O2. The van der Waals surface area contributed by atoms with Crippen LogP contribution in [0.2, 0.25) is 0 Å². The lowest BCUT2D eigenvalue weighted by Gasteiger charge is -2.35. The number of benzene rings is 3. The Balaban J connectivity index is 1.08. The highest BCUT2D eigenvalue weighted by Gasteiger charge is 2.25. The predicted octanol–water partition coefficient (Wildman–Crippen LogP) is 6.72. The van der Waals surface area contributed by atoms with Crippen LogP contribution in [0.3, 0.4) is 0 Å². The molecule has 1 N–H and O–H groups in total. The number of piperidine rings is 2. The van der Waals surface area contributed by atoms with E-state index in [4.69, 9.17) is 9.47 Å². The van der Waals surface area contributed by atoms with Crippen molar-refractivity contribution in [3.63, 3.8) is 0 Å². The van der Waals surface area contributed by atoms with E-state index in [-0.39, 0.29) is 6.10 Å². The lowest BCUT2D eigenvalue weighted by Crippen LogP contribution is -2.40. The van der Waals surface area contributed by atoms with Crippen molar-refractivity contribution in [2.75, 3.05) is 46.4 Å². The van der Waals surface area contributed by atoms with Gasteiger partial charge in [0.25, 0.3) is 0 Å². The van der Waals surface area contributed by atoms with Crippen LogP contribution in [0.15, 0.2) is 78.9 Å². The molecule has 220 valence electrons. The van der Waals surface area contributed by atoms with Gasteiger partial charge in [0.15, 0.2) is 11.5 Å². The van der Waals surface area contributed by atoms with Gasteiger partial charge in [0.1, 0.15) is 6.10 Å². The second-order valence-electron chi connectivity index (χ2n) is 11.9. The largest absolute Gasteiger partial charge is 0.493 e. The summed E-state index contributed by atoms with van der Waals surface area (Å²) in [5, 5.41) is 3.62. The van der Waals surface area contributed by atoms with Crippen molar-refractivity contribution in [2.45, 2.75) is 70.1 Å². The number of hydrogen-bond acceptors (Lipinski definition) is 5. The van der Waals surface area contributed by atoms with Gasteiger partial charge < -0.3 is 24.6 Å². The fourth-order valence-corrected chi connectivity index (χ4v) is 6.47. The Bertz CT molecular complexity index is 1120. The summed E-state index contributed by atoms with van der Waals surface area (Å²) < 4.78 is 12.2. The van der Waals surface area contributed by atoms with E-state index in [2.05, 4.69) is 101 Å². The molecule has 2 heterocycles. The van der Waals surface area contributed by atoms with Gasteiger partial charge in [-0.05, 0) is 87.5 Å². The Morgan fingerprint density at radius 1 is 0.829 bits per heavy atom. The number of likely N-dealkylation sites (tertiary alicyclic amines) is 2. The van der Waals surface area contributed by atoms with Gasteiger partial charge in [-0.15, -0.1) is 0 Å². The second kappa shape index (κ2) is 15.4. The summed E-state index contributed by atoms with van der Waals surface area (Å²) in [4.78, 5) is 5.25. The Morgan fingerprint density at radius 3 is 2.20 bits per heavy atom. The molecule has 0 aromatic heterocycles. The van der Waals surface area contributed by atoms with Gasteiger partial charge in [0.05, 0.1) is 7.11 Å². The minimum absolute atomic E-state index is 0.216. The quantitative estimate of drug-likeness (QED) is 0.237. The van der Waals surface area contributed by atoms with E-state index in [0.29, 0.717) is 5.92 Å². The second-order valence-corrected chi connectivity index (χ2v) is 11.9. The van der Waals surface area contributed by atoms with Gasteiger partial charge in [-0.2, -0.15) is 0 Å². The molecule has 0 spiro atoms. The number of nitrogens with one attached hydrogen (secondary N) is 1. The third kappa shape index (κ3) is 8.57. The van der Waals surface area contributed by atoms with Crippen LogP contribution in [-0.4, -0.2) is 68.3 Å². The molecule has 1 unspecified atom stereocenters. The lowest BCUT2D eigenvalue weighted by atomic mass is 9.90. The van der Waals surface area contributed by atoms with Crippen LogP contribution in [0.5, 0.6) is 11.5 Å². The lowest BCUT2D eigenvalue weighted by molar-refractivity contribution is 0.0963. The van der Waals surface area contributed by atoms with Crippen LogP contribution in [0.4, 0.5) is 0 Å². The van der Waals surface area contributed by atoms with Crippen LogP contribution >= 0.6 is 0 Å². The molecule has 2 fully saturated rings. The van der Waals surface area contributed by atoms with E-state index >= 15 is 0 Å². The molecule has 2 aliphatic heterocycles. The van der Waals surface area contributed by atoms with Crippen LogP contribution in [0, 0.1) is 0 Å². The van der Waals surface area contributed by atoms with E-state index in [0.717, 1.165) is 63.1 Å². The number of rotatable bonds is 13. The van der Waals surface area contributed by atoms with E-state index in [1.165, 1.54) is 55.5 Å². The first-order valence-corrected chi connectivity index (χ1v) is 15.8. The zero-order chi connectivity index (χ0) is 28.3. The summed E-state index contributed by atoms with van der Waals surface area (Å²) in [6.45, 7) is 9.85. The van der Waals surface area contributed by atoms with Gasteiger partial charge in [-0.3, -0.25) is 0 Å². The third-order valence-corrected chi connectivity index (χ3v) is 8.97. The first kappa shape index (κ1) is 29.6. The summed E-state index contributed by atoms with van der Waals surface area (Å²) in [5.74, 6) is 2.08. The normalized spacial score (nSPS) is 19.0. The molecule has 0 aliphatic carbocycles. The summed E-state index contributed by atoms with van der Waals surface area (Å²) in [6, 6.07) is 29.0. The molecular weight excluding hydrogens is 506 g/mol. The molecule has 41 heavy (non-hydrogen) atoms. The number of ether oxygens (including phenoxy) is 2. The summed E-state index contributed by atoms with van der Waals surface area (Å²) in [7, 11) is 1.75. The van der Waals surface area contributed by atoms with Gasteiger partial charge >= 0.3 is 0 Å². The molecule has 0 saturated carbocycles. The molecule has 5 heteroatoms. The topological polar surface area (TPSA) is 37.0 Å². The number of methoxy groups -OCH3 is 1. The molecule has 3 aromatic rings. The highest BCUT2D eigenvalue weighted by molar-refractivity contribution is 5.43. The zero-order valence-corrected chi connectivity index (χ0v) is 25.1. The Kier molecular flexibility index (Phi) is 11.1.